The van der Waals surface area contributed by atoms with Gasteiger partial charge in [-0.15, -0.1) is 11.3 Å². The fourth-order valence-electron chi connectivity index (χ4n) is 3.02. The standard InChI is InChI=1S/C20H17BrN4OS/c21-15-10-17(20(26)25-16(11-22)12-4-2-1-3-5-12)27-18(15)13-6-8-23-19-14(13)7-9-24-19/h1-10,16H,11,22H2,(H,23,24)(H,25,26)/t16-/m0/s1. The maximum absolute atomic E-state index is 12.8. The summed E-state index contributed by atoms with van der Waals surface area (Å²) in [5.41, 5.74) is 8.73. The molecule has 0 aliphatic carbocycles. The third-order valence-corrected chi connectivity index (χ3v) is 6.41. The van der Waals surface area contributed by atoms with Gasteiger partial charge in [0.05, 0.1) is 15.8 Å². The molecular weight excluding hydrogens is 424 g/mol. The van der Waals surface area contributed by atoms with Gasteiger partial charge in [0.15, 0.2) is 0 Å². The third kappa shape index (κ3) is 3.53. The molecule has 0 bridgehead atoms. The van der Waals surface area contributed by atoms with Gasteiger partial charge in [-0.05, 0) is 39.7 Å². The summed E-state index contributed by atoms with van der Waals surface area (Å²) in [6, 6.07) is 15.3. The van der Waals surface area contributed by atoms with E-state index in [1.165, 1.54) is 11.3 Å². The lowest BCUT2D eigenvalue weighted by molar-refractivity contribution is 0.0942. The van der Waals surface area contributed by atoms with Crippen LogP contribution in [-0.4, -0.2) is 22.4 Å². The molecule has 0 saturated heterocycles. The first-order chi connectivity index (χ1) is 13.2. The zero-order valence-corrected chi connectivity index (χ0v) is 16.7. The van der Waals surface area contributed by atoms with Crippen molar-refractivity contribution < 1.29 is 4.79 Å². The maximum atomic E-state index is 12.8. The van der Waals surface area contributed by atoms with E-state index < -0.39 is 0 Å². The van der Waals surface area contributed by atoms with Crippen molar-refractivity contribution in [3.8, 4) is 10.4 Å². The number of halogens is 1. The van der Waals surface area contributed by atoms with Gasteiger partial charge < -0.3 is 16.0 Å². The molecule has 5 nitrogen and oxygen atoms in total. The van der Waals surface area contributed by atoms with Crippen LogP contribution in [0.4, 0.5) is 0 Å². The van der Waals surface area contributed by atoms with Crippen LogP contribution in [0.2, 0.25) is 0 Å². The Bertz CT molecular complexity index is 1090. The molecule has 0 fully saturated rings. The van der Waals surface area contributed by atoms with Crippen LogP contribution in [0.15, 0.2) is 65.4 Å². The molecule has 3 aromatic heterocycles. The number of nitrogens with zero attached hydrogens (tertiary/aromatic N) is 1. The summed E-state index contributed by atoms with van der Waals surface area (Å²) in [6.45, 7) is 0.337. The van der Waals surface area contributed by atoms with Gasteiger partial charge in [0.25, 0.3) is 5.91 Å². The van der Waals surface area contributed by atoms with Gasteiger partial charge in [0, 0.05) is 34.4 Å². The molecule has 3 heterocycles. The van der Waals surface area contributed by atoms with Crippen LogP contribution in [0.5, 0.6) is 0 Å². The Morgan fingerprint density at radius 1 is 1.26 bits per heavy atom. The monoisotopic (exact) mass is 440 g/mol. The molecule has 136 valence electrons. The van der Waals surface area contributed by atoms with Gasteiger partial charge in [-0.1, -0.05) is 30.3 Å². The fourth-order valence-corrected chi connectivity index (χ4v) is 4.85. The van der Waals surface area contributed by atoms with Crippen LogP contribution in [0.3, 0.4) is 0 Å². The number of amides is 1. The van der Waals surface area contributed by atoms with Crippen molar-refractivity contribution in [1.82, 2.24) is 15.3 Å². The van der Waals surface area contributed by atoms with E-state index in [-0.39, 0.29) is 11.9 Å². The molecule has 4 rings (SSSR count). The number of nitrogens with one attached hydrogen (secondary N) is 2. The van der Waals surface area contributed by atoms with Gasteiger partial charge in [0.1, 0.15) is 5.65 Å². The van der Waals surface area contributed by atoms with Crippen LogP contribution in [-0.2, 0) is 0 Å². The fraction of sp³-hybridized carbons (Fsp3) is 0.100. The number of rotatable bonds is 5. The van der Waals surface area contributed by atoms with Gasteiger partial charge in [-0.25, -0.2) is 4.98 Å². The normalized spacial score (nSPS) is 12.2. The van der Waals surface area contributed by atoms with Gasteiger partial charge in [0.2, 0.25) is 0 Å². The number of pyridine rings is 1. The number of benzene rings is 1. The SMILES string of the molecule is NC[C@H](NC(=O)c1cc(Br)c(-c2ccnc3[nH]ccc23)s1)c1ccccc1. The summed E-state index contributed by atoms with van der Waals surface area (Å²) < 4.78 is 0.885. The summed E-state index contributed by atoms with van der Waals surface area (Å²) in [5, 5.41) is 4.05. The molecule has 0 unspecified atom stereocenters. The number of hydrogen-bond donors (Lipinski definition) is 3. The van der Waals surface area contributed by atoms with Crippen molar-refractivity contribution in [2.24, 2.45) is 5.73 Å². The summed E-state index contributed by atoms with van der Waals surface area (Å²) in [6.07, 6.45) is 3.63. The molecular formula is C20H17BrN4OS. The average Bonchev–Trinajstić information content (AvgIpc) is 3.33. The zero-order valence-electron chi connectivity index (χ0n) is 14.3. The predicted octanol–water partition coefficient (Wildman–Crippen LogP) is 4.48. The van der Waals surface area contributed by atoms with Crippen molar-refractivity contribution in [3.63, 3.8) is 0 Å². The lowest BCUT2D eigenvalue weighted by Crippen LogP contribution is -2.32. The molecule has 0 aliphatic heterocycles. The van der Waals surface area contributed by atoms with E-state index >= 15 is 0 Å². The van der Waals surface area contributed by atoms with Crippen LogP contribution in [0.1, 0.15) is 21.3 Å². The lowest BCUT2D eigenvalue weighted by Gasteiger charge is -2.16. The molecule has 4 N–H and O–H groups in total. The van der Waals surface area contributed by atoms with Crippen LogP contribution < -0.4 is 11.1 Å². The van der Waals surface area contributed by atoms with E-state index in [0.29, 0.717) is 11.4 Å². The van der Waals surface area contributed by atoms with Crippen molar-refractivity contribution >= 4 is 44.2 Å². The van der Waals surface area contributed by atoms with Gasteiger partial charge >= 0.3 is 0 Å². The number of carbonyl (C=O) groups is 1. The van der Waals surface area contributed by atoms with Gasteiger partial charge in [-0.2, -0.15) is 0 Å². The smallest absolute Gasteiger partial charge is 0.261 e. The summed E-state index contributed by atoms with van der Waals surface area (Å²) in [5.74, 6) is -0.134. The number of nitrogens with two attached hydrogens (primary N) is 1. The number of hydrogen-bond acceptors (Lipinski definition) is 4. The molecule has 7 heteroatoms. The minimum atomic E-state index is -0.222. The summed E-state index contributed by atoms with van der Waals surface area (Å²) >= 11 is 5.04. The first kappa shape index (κ1) is 17.9. The van der Waals surface area contributed by atoms with E-state index in [0.717, 1.165) is 31.5 Å². The number of thiophene rings is 1. The van der Waals surface area contributed by atoms with Crippen molar-refractivity contribution in [2.75, 3.05) is 6.54 Å². The molecule has 0 aliphatic rings. The minimum absolute atomic E-state index is 0.134. The average molecular weight is 441 g/mol. The topological polar surface area (TPSA) is 83.8 Å². The van der Waals surface area contributed by atoms with Crippen molar-refractivity contribution in [3.05, 3.63) is 75.8 Å². The minimum Gasteiger partial charge on any atom is -0.346 e. The lowest BCUT2D eigenvalue weighted by atomic mass is 10.1. The van der Waals surface area contributed by atoms with Crippen LogP contribution >= 0.6 is 27.3 Å². The molecule has 0 spiro atoms. The Hall–Kier alpha value is -2.48. The molecule has 0 radical (unpaired) electrons. The zero-order chi connectivity index (χ0) is 18.8. The second kappa shape index (κ2) is 7.64. The first-order valence-corrected chi connectivity index (χ1v) is 10.1. The molecule has 1 atom stereocenters. The predicted molar refractivity (Wildman–Crippen MR) is 113 cm³/mol. The van der Waals surface area contributed by atoms with E-state index in [1.807, 2.05) is 54.7 Å². The van der Waals surface area contributed by atoms with Gasteiger partial charge in [-0.3, -0.25) is 4.79 Å². The second-order valence-corrected chi connectivity index (χ2v) is 7.97. The molecule has 0 saturated carbocycles. The Labute approximate surface area is 168 Å². The Morgan fingerprint density at radius 2 is 2.07 bits per heavy atom. The number of H-pyrrole nitrogens is 1. The highest BCUT2D eigenvalue weighted by atomic mass is 79.9. The Balaban J connectivity index is 1.63. The molecule has 1 amide bonds. The van der Waals surface area contributed by atoms with E-state index in [1.54, 1.807) is 6.20 Å². The van der Waals surface area contributed by atoms with Crippen molar-refractivity contribution in [1.29, 1.82) is 0 Å². The highest BCUT2D eigenvalue weighted by Gasteiger charge is 2.19. The molecule has 1 aromatic carbocycles. The highest BCUT2D eigenvalue weighted by Crippen LogP contribution is 2.39. The van der Waals surface area contributed by atoms with E-state index in [9.17, 15) is 4.79 Å². The summed E-state index contributed by atoms with van der Waals surface area (Å²) in [7, 11) is 0. The third-order valence-electron chi connectivity index (χ3n) is 4.36. The Morgan fingerprint density at radius 3 is 2.85 bits per heavy atom. The number of aromatic amines is 1. The first-order valence-electron chi connectivity index (χ1n) is 8.45. The van der Waals surface area contributed by atoms with Crippen molar-refractivity contribution in [2.45, 2.75) is 6.04 Å². The molecule has 27 heavy (non-hydrogen) atoms. The van der Waals surface area contributed by atoms with E-state index in [2.05, 4.69) is 31.2 Å². The largest absolute Gasteiger partial charge is 0.346 e. The number of carbonyl (C=O) groups excluding carboxylic acids is 1. The van der Waals surface area contributed by atoms with Crippen LogP contribution in [0, 0.1) is 0 Å². The van der Waals surface area contributed by atoms with Crippen LogP contribution in [0.25, 0.3) is 21.5 Å². The molecule has 4 aromatic rings. The highest BCUT2D eigenvalue weighted by molar-refractivity contribution is 9.10. The second-order valence-electron chi connectivity index (χ2n) is 6.06. The number of fused-ring (bicyclic) bond motifs is 1. The number of aromatic nitrogens is 2. The summed E-state index contributed by atoms with van der Waals surface area (Å²) in [4.78, 5) is 21.9. The quantitative estimate of drug-likeness (QED) is 0.427. The Kier molecular flexibility index (Phi) is 5.07. The van der Waals surface area contributed by atoms with E-state index in [4.69, 9.17) is 5.73 Å². The maximum Gasteiger partial charge on any atom is 0.261 e.